The molecule has 0 saturated carbocycles. The van der Waals surface area contributed by atoms with Gasteiger partial charge in [0.1, 0.15) is 6.54 Å². The standard InChI is InChI=1S/C13H19ClN2O2S/c1-2-19(17,18)16-9-7-15(8-10-16)11-12-3-5-13(14)6-4-12/h3-6H,2,7-11H2,1H3/p+1. The summed E-state index contributed by atoms with van der Waals surface area (Å²) in [5.41, 5.74) is 1.24. The van der Waals surface area contributed by atoms with Crippen LogP contribution >= 0.6 is 11.6 Å². The van der Waals surface area contributed by atoms with Crippen molar-refractivity contribution in [3.8, 4) is 0 Å². The van der Waals surface area contributed by atoms with Gasteiger partial charge in [-0.3, -0.25) is 0 Å². The number of sulfonamides is 1. The fourth-order valence-electron chi connectivity index (χ4n) is 2.33. The molecular formula is C13H20ClN2O2S+. The third kappa shape index (κ3) is 3.92. The van der Waals surface area contributed by atoms with Gasteiger partial charge in [-0.05, 0) is 19.1 Å². The maximum absolute atomic E-state index is 11.8. The molecule has 4 nitrogen and oxygen atoms in total. The molecule has 0 unspecified atom stereocenters. The summed E-state index contributed by atoms with van der Waals surface area (Å²) in [5.74, 6) is 0.194. The maximum Gasteiger partial charge on any atom is 0.214 e. The SMILES string of the molecule is CCS(=O)(=O)N1CC[NH+](Cc2ccc(Cl)cc2)CC1. The van der Waals surface area contributed by atoms with E-state index in [9.17, 15) is 8.42 Å². The summed E-state index contributed by atoms with van der Waals surface area (Å²) >= 11 is 5.86. The van der Waals surface area contributed by atoms with Gasteiger partial charge in [0, 0.05) is 10.6 Å². The molecule has 6 heteroatoms. The van der Waals surface area contributed by atoms with E-state index < -0.39 is 10.0 Å². The molecule has 1 aromatic rings. The zero-order valence-electron chi connectivity index (χ0n) is 11.1. The molecule has 1 aromatic carbocycles. The Morgan fingerprint density at radius 2 is 1.79 bits per heavy atom. The quantitative estimate of drug-likeness (QED) is 0.874. The number of piperazine rings is 1. The molecule has 0 aromatic heterocycles. The van der Waals surface area contributed by atoms with Gasteiger partial charge in [0.25, 0.3) is 0 Å². The average molecular weight is 304 g/mol. The Morgan fingerprint density at radius 1 is 1.21 bits per heavy atom. The molecular weight excluding hydrogens is 284 g/mol. The predicted molar refractivity (Wildman–Crippen MR) is 76.9 cm³/mol. The highest BCUT2D eigenvalue weighted by atomic mass is 35.5. The molecule has 0 radical (unpaired) electrons. The van der Waals surface area contributed by atoms with Crippen molar-refractivity contribution in [3.05, 3.63) is 34.9 Å². The number of benzene rings is 1. The first-order valence-electron chi connectivity index (χ1n) is 6.57. The summed E-state index contributed by atoms with van der Waals surface area (Å²) in [5, 5.41) is 0.748. The second-order valence-corrected chi connectivity index (χ2v) is 7.55. The van der Waals surface area contributed by atoms with Gasteiger partial charge in [0.15, 0.2) is 0 Å². The van der Waals surface area contributed by atoms with Crippen LogP contribution in [0.15, 0.2) is 24.3 Å². The normalized spacial score (nSPS) is 18.6. The number of nitrogens with zero attached hydrogens (tertiary/aromatic N) is 1. The van der Waals surface area contributed by atoms with E-state index in [0.29, 0.717) is 13.1 Å². The van der Waals surface area contributed by atoms with E-state index in [1.165, 1.54) is 10.5 Å². The molecule has 0 aliphatic carbocycles. The summed E-state index contributed by atoms with van der Waals surface area (Å²) in [6.45, 7) is 5.60. The van der Waals surface area contributed by atoms with E-state index in [0.717, 1.165) is 24.7 Å². The minimum Gasteiger partial charge on any atom is -0.329 e. The number of hydrogen-bond acceptors (Lipinski definition) is 2. The second-order valence-electron chi connectivity index (χ2n) is 4.85. The van der Waals surface area contributed by atoms with Crippen LogP contribution in [0.25, 0.3) is 0 Å². The Bertz CT molecular complexity index is 508. The first kappa shape index (κ1) is 14.8. The number of rotatable bonds is 4. The molecule has 1 N–H and O–H groups in total. The largest absolute Gasteiger partial charge is 0.329 e. The lowest BCUT2D eigenvalue weighted by atomic mass is 10.2. The molecule has 1 aliphatic rings. The van der Waals surface area contributed by atoms with Gasteiger partial charge >= 0.3 is 0 Å². The van der Waals surface area contributed by atoms with Crippen molar-refractivity contribution in [2.24, 2.45) is 0 Å². The zero-order chi connectivity index (χ0) is 13.9. The fraction of sp³-hybridized carbons (Fsp3) is 0.538. The molecule has 0 bridgehead atoms. The topological polar surface area (TPSA) is 41.8 Å². The number of nitrogens with one attached hydrogen (secondary N) is 1. The third-order valence-electron chi connectivity index (χ3n) is 3.56. The van der Waals surface area contributed by atoms with Crippen molar-refractivity contribution >= 4 is 21.6 Å². The Labute approximate surface area is 120 Å². The molecule has 2 rings (SSSR count). The minimum atomic E-state index is -3.02. The molecule has 0 spiro atoms. The van der Waals surface area contributed by atoms with Gasteiger partial charge in [-0.2, -0.15) is 4.31 Å². The summed E-state index contributed by atoms with van der Waals surface area (Å²) in [6.07, 6.45) is 0. The fourth-order valence-corrected chi connectivity index (χ4v) is 3.56. The van der Waals surface area contributed by atoms with E-state index >= 15 is 0 Å². The Balaban J connectivity index is 1.89. The summed E-state index contributed by atoms with van der Waals surface area (Å²) in [6, 6.07) is 7.86. The number of quaternary nitrogens is 1. The molecule has 1 heterocycles. The molecule has 19 heavy (non-hydrogen) atoms. The van der Waals surface area contributed by atoms with Gasteiger partial charge in [0.2, 0.25) is 10.0 Å². The van der Waals surface area contributed by atoms with E-state index in [4.69, 9.17) is 11.6 Å². The zero-order valence-corrected chi connectivity index (χ0v) is 12.7. The second kappa shape index (κ2) is 6.22. The van der Waals surface area contributed by atoms with Gasteiger partial charge in [-0.15, -0.1) is 0 Å². The van der Waals surface area contributed by atoms with E-state index in [2.05, 4.69) is 0 Å². The van der Waals surface area contributed by atoms with Crippen molar-refractivity contribution in [2.75, 3.05) is 31.9 Å². The van der Waals surface area contributed by atoms with Crippen LogP contribution in [0.2, 0.25) is 5.02 Å². The number of hydrogen-bond donors (Lipinski definition) is 1. The van der Waals surface area contributed by atoms with Gasteiger partial charge < -0.3 is 4.90 Å². The van der Waals surface area contributed by atoms with Crippen LogP contribution in [-0.4, -0.2) is 44.7 Å². The minimum absolute atomic E-state index is 0.194. The van der Waals surface area contributed by atoms with Crippen molar-refractivity contribution in [1.82, 2.24) is 4.31 Å². The van der Waals surface area contributed by atoms with Crippen molar-refractivity contribution in [2.45, 2.75) is 13.5 Å². The van der Waals surface area contributed by atoms with Crippen LogP contribution < -0.4 is 4.90 Å². The molecule has 1 fully saturated rings. The first-order chi connectivity index (χ1) is 9.01. The summed E-state index contributed by atoms with van der Waals surface area (Å²) in [4.78, 5) is 1.42. The monoisotopic (exact) mass is 303 g/mol. The van der Waals surface area contributed by atoms with Gasteiger partial charge in [-0.1, -0.05) is 23.7 Å². The van der Waals surface area contributed by atoms with Gasteiger partial charge in [-0.25, -0.2) is 8.42 Å². The maximum atomic E-state index is 11.8. The highest BCUT2D eigenvalue weighted by Gasteiger charge is 2.27. The van der Waals surface area contributed by atoms with Crippen LogP contribution in [0, 0.1) is 0 Å². The lowest BCUT2D eigenvalue weighted by molar-refractivity contribution is -0.917. The lowest BCUT2D eigenvalue weighted by Crippen LogP contribution is -3.13. The van der Waals surface area contributed by atoms with E-state index in [1.54, 1.807) is 11.2 Å². The van der Waals surface area contributed by atoms with Crippen molar-refractivity contribution < 1.29 is 13.3 Å². The summed E-state index contributed by atoms with van der Waals surface area (Å²) < 4.78 is 25.1. The van der Waals surface area contributed by atoms with Crippen molar-refractivity contribution in [3.63, 3.8) is 0 Å². The van der Waals surface area contributed by atoms with Crippen molar-refractivity contribution in [1.29, 1.82) is 0 Å². The average Bonchev–Trinajstić information content (AvgIpc) is 2.42. The Morgan fingerprint density at radius 3 is 2.32 bits per heavy atom. The highest BCUT2D eigenvalue weighted by molar-refractivity contribution is 7.89. The Hall–Kier alpha value is -0.620. The highest BCUT2D eigenvalue weighted by Crippen LogP contribution is 2.08. The van der Waals surface area contributed by atoms with Crippen LogP contribution in [0.1, 0.15) is 12.5 Å². The van der Waals surface area contributed by atoms with Crippen LogP contribution in [0.4, 0.5) is 0 Å². The van der Waals surface area contributed by atoms with Crippen LogP contribution in [0.5, 0.6) is 0 Å². The molecule has 106 valence electrons. The van der Waals surface area contributed by atoms with Crippen LogP contribution in [0.3, 0.4) is 0 Å². The summed E-state index contributed by atoms with van der Waals surface area (Å²) in [7, 11) is -3.02. The third-order valence-corrected chi connectivity index (χ3v) is 5.69. The van der Waals surface area contributed by atoms with Gasteiger partial charge in [0.05, 0.1) is 31.9 Å². The smallest absolute Gasteiger partial charge is 0.214 e. The number of halogens is 1. The predicted octanol–water partition coefficient (Wildman–Crippen LogP) is 0.390. The molecule has 0 amide bonds. The lowest BCUT2D eigenvalue weighted by Gasteiger charge is -2.31. The molecule has 1 aliphatic heterocycles. The first-order valence-corrected chi connectivity index (χ1v) is 8.56. The Kier molecular flexibility index (Phi) is 4.84. The van der Waals surface area contributed by atoms with E-state index in [-0.39, 0.29) is 5.75 Å². The molecule has 0 atom stereocenters. The van der Waals surface area contributed by atoms with Crippen LogP contribution in [-0.2, 0) is 16.6 Å². The van der Waals surface area contributed by atoms with E-state index in [1.807, 2.05) is 24.3 Å². The molecule has 1 saturated heterocycles.